The summed E-state index contributed by atoms with van der Waals surface area (Å²) in [6.45, 7) is -0.969. The van der Waals surface area contributed by atoms with Crippen molar-refractivity contribution in [2.75, 3.05) is 19.8 Å². The van der Waals surface area contributed by atoms with E-state index in [1.54, 1.807) is 6.20 Å². The lowest BCUT2D eigenvalue weighted by Gasteiger charge is -2.28. The lowest BCUT2D eigenvalue weighted by molar-refractivity contribution is 0.0152. The minimum Gasteiger partial charge on any atom is -0.394 e. The van der Waals surface area contributed by atoms with Crippen molar-refractivity contribution in [1.82, 2.24) is 9.55 Å². The molecule has 1 aromatic heterocycles. The highest BCUT2D eigenvalue weighted by Crippen LogP contribution is 2.13. The van der Waals surface area contributed by atoms with Gasteiger partial charge < -0.3 is 19.9 Å². The van der Waals surface area contributed by atoms with Gasteiger partial charge in [0.25, 0.3) is 0 Å². The number of hydrogen-bond acceptors (Lipinski definition) is 4. The van der Waals surface area contributed by atoms with Crippen LogP contribution in [0.15, 0.2) is 18.7 Å². The van der Waals surface area contributed by atoms with Gasteiger partial charge in [-0.3, -0.25) is 0 Å². The monoisotopic (exact) mass is 172 g/mol. The Labute approximate surface area is 69.9 Å². The molecular weight excluding hydrogens is 160 g/mol. The van der Waals surface area contributed by atoms with Gasteiger partial charge in [0, 0.05) is 12.4 Å². The van der Waals surface area contributed by atoms with E-state index in [2.05, 4.69) is 4.98 Å². The van der Waals surface area contributed by atoms with Gasteiger partial charge >= 0.3 is 0 Å². The van der Waals surface area contributed by atoms with Crippen LogP contribution in [0.5, 0.6) is 0 Å². The molecule has 0 atom stereocenters. The third-order valence-corrected chi connectivity index (χ3v) is 1.94. The first-order valence-electron chi connectivity index (χ1n) is 3.60. The van der Waals surface area contributed by atoms with Crippen molar-refractivity contribution in [2.24, 2.45) is 0 Å². The second-order valence-electron chi connectivity index (χ2n) is 2.67. The summed E-state index contributed by atoms with van der Waals surface area (Å²) in [5.41, 5.74) is -1.03. The van der Waals surface area contributed by atoms with Crippen LogP contribution in [0.3, 0.4) is 0 Å². The maximum Gasteiger partial charge on any atom is 0.114 e. The van der Waals surface area contributed by atoms with Crippen LogP contribution >= 0.6 is 0 Å². The minimum atomic E-state index is -1.03. The SMILES string of the molecule is OCC(CO)(CO)n1ccnc1. The summed E-state index contributed by atoms with van der Waals surface area (Å²) < 4.78 is 1.49. The summed E-state index contributed by atoms with van der Waals surface area (Å²) in [7, 11) is 0. The first kappa shape index (κ1) is 9.18. The van der Waals surface area contributed by atoms with Crippen molar-refractivity contribution in [3.05, 3.63) is 18.7 Å². The van der Waals surface area contributed by atoms with Crippen molar-refractivity contribution in [3.63, 3.8) is 0 Å². The number of aliphatic hydroxyl groups is 3. The van der Waals surface area contributed by atoms with Crippen molar-refractivity contribution >= 4 is 0 Å². The first-order chi connectivity index (χ1) is 5.79. The average molecular weight is 172 g/mol. The lowest BCUT2D eigenvalue weighted by atomic mass is 10.0. The molecule has 0 aromatic carbocycles. The summed E-state index contributed by atoms with van der Waals surface area (Å²) in [6.07, 6.45) is 4.56. The Morgan fingerprint density at radius 2 is 1.75 bits per heavy atom. The highest BCUT2D eigenvalue weighted by Gasteiger charge is 2.29. The molecule has 0 aliphatic carbocycles. The highest BCUT2D eigenvalue weighted by atomic mass is 16.3. The van der Waals surface area contributed by atoms with Gasteiger partial charge in [0.15, 0.2) is 0 Å². The average Bonchev–Trinajstić information content (AvgIpc) is 2.62. The van der Waals surface area contributed by atoms with E-state index >= 15 is 0 Å². The molecule has 5 heteroatoms. The third kappa shape index (κ3) is 1.34. The van der Waals surface area contributed by atoms with E-state index in [1.807, 2.05) is 0 Å². The van der Waals surface area contributed by atoms with Crippen LogP contribution in [-0.2, 0) is 5.54 Å². The maximum absolute atomic E-state index is 8.98. The van der Waals surface area contributed by atoms with Gasteiger partial charge in [0.1, 0.15) is 5.54 Å². The molecule has 0 radical (unpaired) electrons. The summed E-state index contributed by atoms with van der Waals surface area (Å²) in [5, 5.41) is 26.9. The van der Waals surface area contributed by atoms with E-state index in [0.717, 1.165) is 0 Å². The predicted octanol–water partition coefficient (Wildman–Crippen LogP) is -1.44. The fraction of sp³-hybridized carbons (Fsp3) is 0.571. The fourth-order valence-corrected chi connectivity index (χ4v) is 0.935. The maximum atomic E-state index is 8.98. The zero-order chi connectivity index (χ0) is 9.03. The number of hydrogen-bond donors (Lipinski definition) is 3. The third-order valence-electron chi connectivity index (χ3n) is 1.94. The van der Waals surface area contributed by atoms with E-state index in [-0.39, 0.29) is 19.8 Å². The lowest BCUT2D eigenvalue weighted by Crippen LogP contribution is -2.44. The van der Waals surface area contributed by atoms with Gasteiger partial charge in [-0.2, -0.15) is 0 Å². The van der Waals surface area contributed by atoms with Crippen LogP contribution in [0.1, 0.15) is 0 Å². The van der Waals surface area contributed by atoms with E-state index in [9.17, 15) is 0 Å². The zero-order valence-corrected chi connectivity index (χ0v) is 6.59. The molecule has 68 valence electrons. The summed E-state index contributed by atoms with van der Waals surface area (Å²) >= 11 is 0. The van der Waals surface area contributed by atoms with Gasteiger partial charge in [-0.1, -0.05) is 0 Å². The van der Waals surface area contributed by atoms with Crippen molar-refractivity contribution < 1.29 is 15.3 Å². The molecule has 1 aromatic rings. The van der Waals surface area contributed by atoms with Crippen molar-refractivity contribution in [1.29, 1.82) is 0 Å². The Morgan fingerprint density at radius 1 is 1.17 bits per heavy atom. The molecule has 1 heterocycles. The number of aliphatic hydroxyl groups excluding tert-OH is 3. The Hall–Kier alpha value is -0.910. The van der Waals surface area contributed by atoms with Gasteiger partial charge in [-0.25, -0.2) is 4.98 Å². The molecule has 0 bridgehead atoms. The number of rotatable bonds is 4. The Morgan fingerprint density at radius 3 is 2.08 bits per heavy atom. The molecule has 12 heavy (non-hydrogen) atoms. The van der Waals surface area contributed by atoms with Gasteiger partial charge in [-0.05, 0) is 0 Å². The molecule has 3 N–H and O–H groups in total. The molecular formula is C7H12N2O3. The Balaban J connectivity index is 2.93. The molecule has 0 spiro atoms. The number of aromatic nitrogens is 2. The molecule has 0 saturated carbocycles. The van der Waals surface area contributed by atoms with E-state index in [1.165, 1.54) is 17.1 Å². The van der Waals surface area contributed by atoms with Crippen LogP contribution in [-0.4, -0.2) is 44.7 Å². The molecule has 0 aliphatic heterocycles. The smallest absolute Gasteiger partial charge is 0.114 e. The molecule has 0 unspecified atom stereocenters. The second kappa shape index (κ2) is 3.66. The fourth-order valence-electron chi connectivity index (χ4n) is 0.935. The standard InChI is InChI=1S/C7H12N2O3/c10-3-7(4-11,5-12)9-2-1-8-6-9/h1-2,6,10-12H,3-5H2. The van der Waals surface area contributed by atoms with Crippen molar-refractivity contribution in [2.45, 2.75) is 5.54 Å². The molecule has 0 amide bonds. The molecule has 0 saturated heterocycles. The number of nitrogens with zero attached hydrogens (tertiary/aromatic N) is 2. The van der Waals surface area contributed by atoms with Crippen LogP contribution in [0, 0.1) is 0 Å². The molecule has 1 rings (SSSR count). The summed E-state index contributed by atoms with van der Waals surface area (Å²) in [4.78, 5) is 3.76. The minimum absolute atomic E-state index is 0.323. The van der Waals surface area contributed by atoms with Gasteiger partial charge in [0.2, 0.25) is 0 Å². The second-order valence-corrected chi connectivity index (χ2v) is 2.67. The summed E-state index contributed by atoms with van der Waals surface area (Å²) in [6, 6.07) is 0. The van der Waals surface area contributed by atoms with Crippen molar-refractivity contribution in [3.8, 4) is 0 Å². The van der Waals surface area contributed by atoms with E-state index in [4.69, 9.17) is 15.3 Å². The Bertz CT molecular complexity index is 210. The van der Waals surface area contributed by atoms with E-state index in [0.29, 0.717) is 0 Å². The molecule has 0 fully saturated rings. The van der Waals surface area contributed by atoms with Crippen LogP contribution in [0.25, 0.3) is 0 Å². The molecule has 0 aliphatic rings. The van der Waals surface area contributed by atoms with Gasteiger partial charge in [-0.15, -0.1) is 0 Å². The Kier molecular flexibility index (Phi) is 2.80. The van der Waals surface area contributed by atoms with Gasteiger partial charge in [0.05, 0.1) is 26.1 Å². The first-order valence-corrected chi connectivity index (χ1v) is 3.60. The van der Waals surface area contributed by atoms with Crippen LogP contribution in [0.4, 0.5) is 0 Å². The molecule has 5 nitrogen and oxygen atoms in total. The predicted molar refractivity (Wildman–Crippen MR) is 41.5 cm³/mol. The zero-order valence-electron chi connectivity index (χ0n) is 6.59. The largest absolute Gasteiger partial charge is 0.394 e. The normalized spacial score (nSPS) is 11.9. The summed E-state index contributed by atoms with van der Waals surface area (Å²) in [5.74, 6) is 0. The topological polar surface area (TPSA) is 78.5 Å². The highest BCUT2D eigenvalue weighted by molar-refractivity contribution is 4.91. The van der Waals surface area contributed by atoms with Crippen LogP contribution in [0.2, 0.25) is 0 Å². The van der Waals surface area contributed by atoms with E-state index < -0.39 is 5.54 Å². The number of imidazole rings is 1. The quantitative estimate of drug-likeness (QED) is 0.519. The van der Waals surface area contributed by atoms with Crippen LogP contribution < -0.4 is 0 Å².